The highest BCUT2D eigenvalue weighted by molar-refractivity contribution is 5.32. The summed E-state index contributed by atoms with van der Waals surface area (Å²) in [7, 11) is 0. The second kappa shape index (κ2) is 8.56. The molecular formula is C23H33F2+. The summed E-state index contributed by atoms with van der Waals surface area (Å²) >= 11 is 0. The van der Waals surface area contributed by atoms with Gasteiger partial charge in [0.15, 0.2) is 0 Å². The second-order valence-corrected chi connectivity index (χ2v) is 8.37. The van der Waals surface area contributed by atoms with Gasteiger partial charge in [-0.3, -0.25) is 0 Å². The maximum atomic E-state index is 14.1. The van der Waals surface area contributed by atoms with Gasteiger partial charge in [0.05, 0.1) is 0 Å². The second-order valence-electron chi connectivity index (χ2n) is 8.37. The molecule has 3 rings (SSSR count). The number of rotatable bonds is 5. The molecule has 25 heavy (non-hydrogen) atoms. The molecule has 0 saturated heterocycles. The van der Waals surface area contributed by atoms with E-state index in [2.05, 4.69) is 6.92 Å². The lowest BCUT2D eigenvalue weighted by Gasteiger charge is -2.38. The van der Waals surface area contributed by atoms with Gasteiger partial charge in [-0.25, -0.2) is 0 Å². The van der Waals surface area contributed by atoms with E-state index in [0.717, 1.165) is 36.2 Å². The van der Waals surface area contributed by atoms with Gasteiger partial charge in [-0.1, -0.05) is 32.6 Å². The van der Waals surface area contributed by atoms with Crippen LogP contribution < -0.4 is 0 Å². The molecule has 0 aliphatic heterocycles. The molecule has 1 aromatic carbocycles. The van der Waals surface area contributed by atoms with Gasteiger partial charge in [0.2, 0.25) is 17.2 Å². The summed E-state index contributed by atoms with van der Waals surface area (Å²) in [5.74, 6) is 2.24. The van der Waals surface area contributed by atoms with Crippen molar-refractivity contribution in [3.05, 3.63) is 41.3 Å². The minimum atomic E-state index is -0.408. The Kier molecular flexibility index (Phi) is 6.41. The Hall–Kier alpha value is -1.05. The molecule has 0 bridgehead atoms. The zero-order chi connectivity index (χ0) is 17.8. The molecule has 0 amide bonds. The summed E-state index contributed by atoms with van der Waals surface area (Å²) in [5, 5.41) is 0. The molecule has 0 nitrogen and oxygen atoms in total. The highest BCUT2D eigenvalue weighted by Crippen LogP contribution is 2.44. The van der Waals surface area contributed by atoms with Gasteiger partial charge in [-0.2, -0.15) is 0 Å². The van der Waals surface area contributed by atoms with Gasteiger partial charge in [-0.05, 0) is 67.8 Å². The summed E-state index contributed by atoms with van der Waals surface area (Å²) in [6, 6.07) is 3.14. The largest absolute Gasteiger partial charge is 0.242 e. The summed E-state index contributed by atoms with van der Waals surface area (Å²) in [6.07, 6.45) is 14.5. The van der Waals surface area contributed by atoms with E-state index in [4.69, 9.17) is 0 Å². The fraction of sp³-hybridized carbons (Fsp3) is 0.696. The standard InChI is InChI=1S/C23H33F2/c1-3-5-16-6-8-17(9-7-16)18-10-12-19(13-11-18)20-14-22(24)21(4-2)23(25)15-20/h4,14-19H,3,5-13H2,1-2H3/q+1. The minimum absolute atomic E-state index is 0.112. The van der Waals surface area contributed by atoms with Crippen LogP contribution in [0.4, 0.5) is 8.78 Å². The molecule has 2 aliphatic carbocycles. The average molecular weight is 348 g/mol. The number of hydrogen-bond acceptors (Lipinski definition) is 0. The normalized spacial score (nSPS) is 30.2. The van der Waals surface area contributed by atoms with Crippen LogP contribution in [0.15, 0.2) is 12.1 Å². The lowest BCUT2D eigenvalue weighted by atomic mass is 9.68. The highest BCUT2D eigenvalue weighted by atomic mass is 19.1. The Morgan fingerprint density at radius 2 is 1.40 bits per heavy atom. The Bertz CT molecular complexity index is 526. The van der Waals surface area contributed by atoms with Crippen molar-refractivity contribution in [2.75, 3.05) is 0 Å². The number of halogens is 2. The van der Waals surface area contributed by atoms with Crippen LogP contribution >= 0.6 is 0 Å². The van der Waals surface area contributed by atoms with Crippen LogP contribution in [0.2, 0.25) is 0 Å². The van der Waals surface area contributed by atoms with Crippen LogP contribution in [0.3, 0.4) is 0 Å². The fourth-order valence-corrected chi connectivity index (χ4v) is 5.40. The Balaban J connectivity index is 1.54. The molecule has 2 aliphatic rings. The SMILES string of the molecule is C[CH+]c1c(F)cc(C2CCC(C3CCC(CCC)CC3)CC2)cc1F. The lowest BCUT2D eigenvalue weighted by Crippen LogP contribution is -2.25. The first-order valence-corrected chi connectivity index (χ1v) is 10.4. The molecule has 0 unspecified atom stereocenters. The highest BCUT2D eigenvalue weighted by Gasteiger charge is 2.32. The zero-order valence-corrected chi connectivity index (χ0v) is 15.9. The molecule has 0 atom stereocenters. The topological polar surface area (TPSA) is 0 Å². The van der Waals surface area contributed by atoms with Crippen molar-refractivity contribution in [3.8, 4) is 0 Å². The van der Waals surface area contributed by atoms with E-state index in [9.17, 15) is 8.78 Å². The van der Waals surface area contributed by atoms with Gasteiger partial charge in [0, 0.05) is 25.5 Å². The predicted molar refractivity (Wildman–Crippen MR) is 100 cm³/mol. The van der Waals surface area contributed by atoms with Crippen molar-refractivity contribution in [2.45, 2.75) is 84.0 Å². The maximum Gasteiger partial charge on any atom is 0.242 e. The third kappa shape index (κ3) is 4.38. The van der Waals surface area contributed by atoms with Crippen LogP contribution in [-0.4, -0.2) is 0 Å². The van der Waals surface area contributed by atoms with Crippen molar-refractivity contribution >= 4 is 0 Å². The fourth-order valence-electron chi connectivity index (χ4n) is 5.40. The molecule has 2 saturated carbocycles. The predicted octanol–water partition coefficient (Wildman–Crippen LogP) is 7.42. The quantitative estimate of drug-likeness (QED) is 0.486. The van der Waals surface area contributed by atoms with Crippen molar-refractivity contribution in [3.63, 3.8) is 0 Å². The Morgan fingerprint density at radius 1 is 0.880 bits per heavy atom. The van der Waals surface area contributed by atoms with Crippen molar-refractivity contribution in [2.24, 2.45) is 17.8 Å². The van der Waals surface area contributed by atoms with Crippen LogP contribution in [0.25, 0.3) is 0 Å². The van der Waals surface area contributed by atoms with Crippen molar-refractivity contribution in [1.29, 1.82) is 0 Å². The first kappa shape index (κ1) is 18.7. The summed E-state index contributed by atoms with van der Waals surface area (Å²) < 4.78 is 28.1. The molecule has 0 aromatic heterocycles. The molecule has 0 spiro atoms. The molecule has 0 heterocycles. The molecular weight excluding hydrogens is 314 g/mol. The van der Waals surface area contributed by atoms with E-state index in [-0.39, 0.29) is 5.56 Å². The van der Waals surface area contributed by atoms with E-state index in [1.54, 1.807) is 19.1 Å². The molecule has 0 radical (unpaired) electrons. The van der Waals surface area contributed by atoms with Crippen molar-refractivity contribution in [1.82, 2.24) is 0 Å². The van der Waals surface area contributed by atoms with Gasteiger partial charge < -0.3 is 0 Å². The van der Waals surface area contributed by atoms with Crippen molar-refractivity contribution < 1.29 is 8.78 Å². The first-order chi connectivity index (χ1) is 12.1. The molecule has 1 aromatic rings. The van der Waals surface area contributed by atoms with E-state index in [1.807, 2.05) is 0 Å². The summed E-state index contributed by atoms with van der Waals surface area (Å²) in [6.45, 7) is 3.98. The molecule has 138 valence electrons. The zero-order valence-electron chi connectivity index (χ0n) is 15.9. The Labute approximate surface area is 152 Å². The number of hydrogen-bond donors (Lipinski definition) is 0. The van der Waals surface area contributed by atoms with Crippen LogP contribution in [-0.2, 0) is 0 Å². The van der Waals surface area contributed by atoms with E-state index >= 15 is 0 Å². The van der Waals surface area contributed by atoms with Crippen LogP contribution in [0, 0.1) is 35.8 Å². The molecule has 2 heteroatoms. The van der Waals surface area contributed by atoms with Gasteiger partial charge in [-0.15, -0.1) is 8.78 Å². The lowest BCUT2D eigenvalue weighted by molar-refractivity contribution is 0.156. The van der Waals surface area contributed by atoms with E-state index in [0.29, 0.717) is 5.92 Å². The van der Waals surface area contributed by atoms with Gasteiger partial charge in [0.1, 0.15) is 0 Å². The smallest absolute Gasteiger partial charge is 0.126 e. The molecule has 2 fully saturated rings. The van der Waals surface area contributed by atoms with Crippen LogP contribution in [0.1, 0.15) is 95.1 Å². The number of benzene rings is 1. The maximum absolute atomic E-state index is 14.1. The first-order valence-electron chi connectivity index (χ1n) is 10.4. The van der Waals surface area contributed by atoms with E-state index < -0.39 is 11.6 Å². The Morgan fingerprint density at radius 3 is 1.88 bits per heavy atom. The third-order valence-corrected chi connectivity index (χ3v) is 6.89. The minimum Gasteiger partial charge on any atom is -0.126 e. The monoisotopic (exact) mass is 347 g/mol. The van der Waals surface area contributed by atoms with Gasteiger partial charge in [0.25, 0.3) is 0 Å². The average Bonchev–Trinajstić information content (AvgIpc) is 2.62. The molecule has 0 N–H and O–H groups in total. The van der Waals surface area contributed by atoms with E-state index in [1.165, 1.54) is 57.8 Å². The summed E-state index contributed by atoms with van der Waals surface area (Å²) in [4.78, 5) is 0. The third-order valence-electron chi connectivity index (χ3n) is 6.89. The summed E-state index contributed by atoms with van der Waals surface area (Å²) in [5.41, 5.74) is 0.979. The van der Waals surface area contributed by atoms with Crippen LogP contribution in [0.5, 0.6) is 0 Å². The van der Waals surface area contributed by atoms with Gasteiger partial charge >= 0.3 is 0 Å².